The molecule has 0 aliphatic carbocycles. The number of aliphatic hydroxyl groups is 1. The van der Waals surface area contributed by atoms with Crippen LogP contribution in [0.2, 0.25) is 0 Å². The van der Waals surface area contributed by atoms with E-state index in [4.69, 9.17) is 5.11 Å². The summed E-state index contributed by atoms with van der Waals surface area (Å²) in [5.74, 6) is 0.311. The molecule has 1 aromatic heterocycles. The molecule has 0 aromatic carbocycles. The molecule has 0 aliphatic rings. The molecule has 17 heavy (non-hydrogen) atoms. The fourth-order valence-electron chi connectivity index (χ4n) is 1.36. The predicted octanol–water partition coefficient (Wildman–Crippen LogP) is 0.842. The predicted molar refractivity (Wildman–Crippen MR) is 66.0 cm³/mol. The highest BCUT2D eigenvalue weighted by molar-refractivity contribution is 7.89. The molecule has 1 atom stereocenters. The van der Waals surface area contributed by atoms with Crippen molar-refractivity contribution in [1.82, 2.24) is 9.29 Å². The van der Waals surface area contributed by atoms with Crippen molar-refractivity contribution in [3.8, 4) is 0 Å². The van der Waals surface area contributed by atoms with Gasteiger partial charge < -0.3 is 9.67 Å². The van der Waals surface area contributed by atoms with Gasteiger partial charge in [0.2, 0.25) is 10.0 Å². The number of nitrogens with one attached hydrogen (secondary N) is 1. The highest BCUT2D eigenvalue weighted by Crippen LogP contribution is 2.13. The number of aromatic nitrogens is 1. The van der Waals surface area contributed by atoms with Gasteiger partial charge in [0.05, 0.1) is 11.5 Å². The quantitative estimate of drug-likeness (QED) is 0.796. The van der Waals surface area contributed by atoms with Gasteiger partial charge in [-0.15, -0.1) is 0 Å². The lowest BCUT2D eigenvalue weighted by molar-refractivity contribution is 0.272. The minimum Gasteiger partial charge on any atom is -0.390 e. The molecule has 0 radical (unpaired) electrons. The second-order valence-corrected chi connectivity index (χ2v) is 6.07. The highest BCUT2D eigenvalue weighted by Gasteiger charge is 2.17. The molecule has 0 spiro atoms. The van der Waals surface area contributed by atoms with Crippen LogP contribution < -0.4 is 4.72 Å². The number of sulfonamides is 1. The van der Waals surface area contributed by atoms with Gasteiger partial charge in [0.1, 0.15) is 0 Å². The van der Waals surface area contributed by atoms with Crippen LogP contribution in [-0.2, 0) is 23.7 Å². The maximum Gasteiger partial charge on any atom is 0.242 e. The first kappa shape index (κ1) is 14.2. The van der Waals surface area contributed by atoms with Crippen molar-refractivity contribution in [1.29, 1.82) is 0 Å². The van der Waals surface area contributed by atoms with Crippen molar-refractivity contribution in [2.75, 3.05) is 6.54 Å². The average molecular weight is 260 g/mol. The number of hydrogen-bond acceptors (Lipinski definition) is 3. The Morgan fingerprint density at radius 2 is 2.18 bits per heavy atom. The largest absolute Gasteiger partial charge is 0.390 e. The molecule has 5 nitrogen and oxygen atoms in total. The van der Waals surface area contributed by atoms with E-state index in [1.54, 1.807) is 11.6 Å². The van der Waals surface area contributed by atoms with Gasteiger partial charge in [-0.1, -0.05) is 20.3 Å². The first-order chi connectivity index (χ1) is 7.90. The van der Waals surface area contributed by atoms with Crippen molar-refractivity contribution in [3.63, 3.8) is 0 Å². The van der Waals surface area contributed by atoms with E-state index in [2.05, 4.69) is 4.72 Å². The summed E-state index contributed by atoms with van der Waals surface area (Å²) in [7, 11) is -1.75. The normalized spacial score (nSPS) is 13.9. The number of rotatable bonds is 6. The zero-order valence-electron chi connectivity index (χ0n) is 10.5. The molecule has 1 heterocycles. The molecule has 0 saturated heterocycles. The fraction of sp³-hybridized carbons (Fsp3) is 0.636. The summed E-state index contributed by atoms with van der Waals surface area (Å²) in [6.45, 7) is 4.28. The molecule has 1 unspecified atom stereocenters. The third kappa shape index (κ3) is 3.55. The van der Waals surface area contributed by atoms with Crippen LogP contribution >= 0.6 is 0 Å². The first-order valence-electron chi connectivity index (χ1n) is 5.66. The summed E-state index contributed by atoms with van der Waals surface area (Å²) in [5.41, 5.74) is 0.578. The number of aryl methyl sites for hydroxylation is 1. The monoisotopic (exact) mass is 260 g/mol. The van der Waals surface area contributed by atoms with Crippen molar-refractivity contribution in [2.24, 2.45) is 13.0 Å². The van der Waals surface area contributed by atoms with Crippen LogP contribution in [-0.4, -0.2) is 24.6 Å². The Bertz CT molecular complexity index is 465. The Labute approximate surface area is 103 Å². The SMILES string of the molecule is CCC(C)CNS(=O)(=O)c1cc(CO)n(C)c1. The molecule has 1 rings (SSSR count). The molecule has 0 amide bonds. The minimum absolute atomic E-state index is 0.169. The van der Waals surface area contributed by atoms with Crippen LogP contribution in [0, 0.1) is 5.92 Å². The standard InChI is InChI=1S/C11H20N2O3S/c1-4-9(2)6-12-17(15,16)11-5-10(8-14)13(3)7-11/h5,7,9,12,14H,4,6,8H2,1-3H3. The van der Waals surface area contributed by atoms with Gasteiger partial charge in [0, 0.05) is 25.5 Å². The van der Waals surface area contributed by atoms with Crippen LogP contribution in [0.1, 0.15) is 26.0 Å². The molecule has 6 heteroatoms. The van der Waals surface area contributed by atoms with Gasteiger partial charge in [0.15, 0.2) is 0 Å². The topological polar surface area (TPSA) is 71.3 Å². The molecule has 0 aliphatic heterocycles. The fourth-order valence-corrected chi connectivity index (χ4v) is 2.62. The molecule has 0 bridgehead atoms. The van der Waals surface area contributed by atoms with Gasteiger partial charge in [-0.25, -0.2) is 13.1 Å². The third-order valence-electron chi connectivity index (χ3n) is 2.87. The average Bonchev–Trinajstić information content (AvgIpc) is 2.68. The maximum atomic E-state index is 11.9. The lowest BCUT2D eigenvalue weighted by Crippen LogP contribution is -2.28. The Balaban J connectivity index is 2.82. The van der Waals surface area contributed by atoms with Crippen LogP contribution in [0.15, 0.2) is 17.2 Å². The van der Waals surface area contributed by atoms with Gasteiger partial charge in [-0.05, 0) is 12.0 Å². The van der Waals surface area contributed by atoms with E-state index in [1.807, 2.05) is 13.8 Å². The summed E-state index contributed by atoms with van der Waals surface area (Å²) in [5, 5.41) is 9.02. The van der Waals surface area contributed by atoms with E-state index in [0.717, 1.165) is 6.42 Å². The van der Waals surface area contributed by atoms with Crippen molar-refractivity contribution < 1.29 is 13.5 Å². The zero-order valence-corrected chi connectivity index (χ0v) is 11.3. The van der Waals surface area contributed by atoms with E-state index >= 15 is 0 Å². The third-order valence-corrected chi connectivity index (χ3v) is 4.26. The summed E-state index contributed by atoms with van der Waals surface area (Å²) in [6.07, 6.45) is 2.43. The Kier molecular flexibility index (Phi) is 4.73. The molecule has 0 saturated carbocycles. The van der Waals surface area contributed by atoms with E-state index in [-0.39, 0.29) is 11.5 Å². The molecule has 98 valence electrons. The first-order valence-corrected chi connectivity index (χ1v) is 7.14. The van der Waals surface area contributed by atoms with Gasteiger partial charge in [-0.3, -0.25) is 0 Å². The highest BCUT2D eigenvalue weighted by atomic mass is 32.2. The summed E-state index contributed by atoms with van der Waals surface area (Å²) >= 11 is 0. The van der Waals surface area contributed by atoms with E-state index in [1.165, 1.54) is 12.3 Å². The Morgan fingerprint density at radius 1 is 1.53 bits per heavy atom. The van der Waals surface area contributed by atoms with Crippen molar-refractivity contribution in [3.05, 3.63) is 18.0 Å². The number of aliphatic hydroxyl groups excluding tert-OH is 1. The van der Waals surface area contributed by atoms with Crippen molar-refractivity contribution in [2.45, 2.75) is 31.8 Å². The van der Waals surface area contributed by atoms with Crippen LogP contribution in [0.3, 0.4) is 0 Å². The lowest BCUT2D eigenvalue weighted by Gasteiger charge is -2.09. The molecule has 1 aromatic rings. The molecular weight excluding hydrogens is 240 g/mol. The van der Waals surface area contributed by atoms with E-state index < -0.39 is 10.0 Å². The maximum absolute atomic E-state index is 11.9. The van der Waals surface area contributed by atoms with Gasteiger partial charge in [0.25, 0.3) is 0 Å². The molecular formula is C11H20N2O3S. The molecule has 0 fully saturated rings. The number of nitrogens with zero attached hydrogens (tertiary/aromatic N) is 1. The van der Waals surface area contributed by atoms with Gasteiger partial charge >= 0.3 is 0 Å². The van der Waals surface area contributed by atoms with E-state index in [9.17, 15) is 8.42 Å². The second kappa shape index (κ2) is 5.66. The lowest BCUT2D eigenvalue weighted by atomic mass is 10.1. The van der Waals surface area contributed by atoms with Crippen LogP contribution in [0.4, 0.5) is 0 Å². The summed E-state index contributed by atoms with van der Waals surface area (Å²) in [6, 6.07) is 1.49. The summed E-state index contributed by atoms with van der Waals surface area (Å²) in [4.78, 5) is 0.201. The number of hydrogen-bond donors (Lipinski definition) is 2. The van der Waals surface area contributed by atoms with Gasteiger partial charge in [-0.2, -0.15) is 0 Å². The van der Waals surface area contributed by atoms with E-state index in [0.29, 0.717) is 18.2 Å². The zero-order chi connectivity index (χ0) is 13.1. The molecule has 2 N–H and O–H groups in total. The minimum atomic E-state index is -3.46. The van der Waals surface area contributed by atoms with Crippen LogP contribution in [0.5, 0.6) is 0 Å². The Morgan fingerprint density at radius 3 is 2.65 bits per heavy atom. The van der Waals surface area contributed by atoms with Crippen LogP contribution in [0.25, 0.3) is 0 Å². The Hall–Kier alpha value is -0.850. The summed E-state index contributed by atoms with van der Waals surface area (Å²) < 4.78 is 28.0. The smallest absolute Gasteiger partial charge is 0.242 e. The second-order valence-electron chi connectivity index (χ2n) is 4.30. The van der Waals surface area contributed by atoms with Crippen molar-refractivity contribution >= 4 is 10.0 Å².